The zero-order valence-electron chi connectivity index (χ0n) is 36.8. The third-order valence-electron chi connectivity index (χ3n) is 11.9. The molecule has 13 nitrogen and oxygen atoms in total. The lowest BCUT2D eigenvalue weighted by Gasteiger charge is -2.10. The summed E-state index contributed by atoms with van der Waals surface area (Å²) in [5.74, 6) is -4.03. The molecule has 0 saturated carbocycles. The van der Waals surface area contributed by atoms with Gasteiger partial charge in [0.2, 0.25) is 0 Å². The topological polar surface area (TPSA) is 210 Å². The molecule has 0 atom stereocenters. The number of carboxylic acid groups (broad SMARTS) is 2. The van der Waals surface area contributed by atoms with Crippen molar-refractivity contribution >= 4 is 58.4 Å². The molecule has 3 aliphatic rings. The maximum Gasteiger partial charge on any atom is 0.337 e. The summed E-state index contributed by atoms with van der Waals surface area (Å²) in [6, 6.07) is 49.5. The van der Waals surface area contributed by atoms with Crippen LogP contribution in [0.15, 0.2) is 176 Å². The van der Waals surface area contributed by atoms with Crippen molar-refractivity contribution in [2.24, 2.45) is 0 Å². The molecule has 0 radical (unpaired) electrons. The molecular weight excluding hydrogens is 889 g/mol. The van der Waals surface area contributed by atoms with Crippen molar-refractivity contribution in [2.75, 3.05) is 17.7 Å². The molecule has 4 N–H and O–H groups in total. The number of carboxylic acids is 2. The first-order chi connectivity index (χ1) is 33.9. The number of ether oxygens (including phenoxy) is 1. The van der Waals surface area contributed by atoms with Crippen molar-refractivity contribution in [1.29, 1.82) is 0 Å². The smallest absolute Gasteiger partial charge is 0.337 e. The van der Waals surface area contributed by atoms with E-state index in [1.54, 1.807) is 103 Å². The van der Waals surface area contributed by atoms with E-state index in [9.17, 15) is 38.4 Å². The molecule has 0 heterocycles. The lowest BCUT2D eigenvalue weighted by molar-refractivity contribution is 0.0598. The third kappa shape index (κ3) is 8.30. The number of anilines is 2. The number of carbonyl (C=O) groups is 8. The maximum absolute atomic E-state index is 12.8. The molecule has 70 heavy (non-hydrogen) atoms. The van der Waals surface area contributed by atoms with Crippen molar-refractivity contribution in [3.8, 4) is 33.4 Å². The van der Waals surface area contributed by atoms with E-state index in [4.69, 9.17) is 14.9 Å². The number of carbonyl (C=O) groups excluding carboxylic acids is 6. The molecule has 0 saturated heterocycles. The van der Waals surface area contributed by atoms with Gasteiger partial charge in [-0.2, -0.15) is 0 Å². The highest BCUT2D eigenvalue weighted by Gasteiger charge is 2.33. The highest BCUT2D eigenvalue weighted by Crippen LogP contribution is 2.40. The number of methoxy groups -OCH3 is 1. The van der Waals surface area contributed by atoms with E-state index >= 15 is 0 Å². The number of rotatable bonds is 7. The average Bonchev–Trinajstić information content (AvgIpc) is 3.97. The highest BCUT2D eigenvalue weighted by molar-refractivity contribution is 6.28. The fraction of sp³-hybridized carbons (Fsp3) is 0.0175. The van der Waals surface area contributed by atoms with Gasteiger partial charge < -0.3 is 25.6 Å². The van der Waals surface area contributed by atoms with Crippen LogP contribution in [0.3, 0.4) is 0 Å². The van der Waals surface area contributed by atoms with Crippen LogP contribution < -0.4 is 10.6 Å². The summed E-state index contributed by atoms with van der Waals surface area (Å²) >= 11 is 0. The second kappa shape index (κ2) is 18.8. The van der Waals surface area contributed by atoms with Gasteiger partial charge >= 0.3 is 17.9 Å². The maximum atomic E-state index is 12.8. The van der Waals surface area contributed by atoms with Crippen molar-refractivity contribution in [1.82, 2.24) is 0 Å². The van der Waals surface area contributed by atoms with E-state index in [1.165, 1.54) is 31.4 Å². The molecule has 2 amide bonds. The quantitative estimate of drug-likeness (QED) is 0.110. The third-order valence-corrected chi connectivity index (χ3v) is 11.9. The van der Waals surface area contributed by atoms with E-state index in [1.807, 2.05) is 48.5 Å². The molecule has 0 aromatic heterocycles. The summed E-state index contributed by atoms with van der Waals surface area (Å²) < 4.78 is 4.69. The number of fused-ring (bicyclic) bond motifs is 9. The minimum Gasteiger partial charge on any atom is -0.478 e. The molecule has 0 bridgehead atoms. The fourth-order valence-electron chi connectivity index (χ4n) is 8.74. The number of aromatic carboxylic acids is 2. The van der Waals surface area contributed by atoms with Crippen molar-refractivity contribution in [3.63, 3.8) is 0 Å². The molecule has 8 aromatic rings. The van der Waals surface area contributed by atoms with Crippen LogP contribution in [0.2, 0.25) is 0 Å². The molecule has 0 unspecified atom stereocenters. The van der Waals surface area contributed by atoms with Gasteiger partial charge in [-0.25, -0.2) is 14.4 Å². The highest BCUT2D eigenvalue weighted by atomic mass is 16.5. The number of hydrogen-bond donors (Lipinski definition) is 4. The Labute approximate surface area is 398 Å². The van der Waals surface area contributed by atoms with Gasteiger partial charge in [0.15, 0.2) is 17.3 Å². The van der Waals surface area contributed by atoms with Gasteiger partial charge in [-0.05, 0) is 88.0 Å². The monoisotopic (exact) mass is 924 g/mol. The lowest BCUT2D eigenvalue weighted by atomic mass is 10.00. The number of hydrogen-bond acceptors (Lipinski definition) is 9. The van der Waals surface area contributed by atoms with Crippen LogP contribution in [0, 0.1) is 0 Å². The van der Waals surface area contributed by atoms with Crippen molar-refractivity contribution < 1.29 is 53.3 Å². The van der Waals surface area contributed by atoms with Gasteiger partial charge in [0.05, 0.1) is 34.9 Å². The molecule has 0 spiro atoms. The van der Waals surface area contributed by atoms with E-state index in [0.717, 1.165) is 27.8 Å². The van der Waals surface area contributed by atoms with Crippen LogP contribution in [-0.2, 0) is 4.74 Å². The Kier molecular flexibility index (Phi) is 12.1. The summed E-state index contributed by atoms with van der Waals surface area (Å²) in [6.07, 6.45) is 0. The van der Waals surface area contributed by atoms with Crippen LogP contribution in [0.25, 0.3) is 33.4 Å². The average molecular weight is 925 g/mol. The van der Waals surface area contributed by atoms with Crippen molar-refractivity contribution in [2.45, 2.75) is 0 Å². The minimum atomic E-state index is -1.08. The fourth-order valence-corrected chi connectivity index (χ4v) is 8.74. The van der Waals surface area contributed by atoms with Gasteiger partial charge in [-0.1, -0.05) is 121 Å². The predicted molar refractivity (Wildman–Crippen MR) is 260 cm³/mol. The number of ketones is 3. The van der Waals surface area contributed by atoms with Gasteiger partial charge in [0.1, 0.15) is 0 Å². The molecule has 0 aliphatic heterocycles. The van der Waals surface area contributed by atoms with Crippen LogP contribution >= 0.6 is 0 Å². The first kappa shape index (κ1) is 45.3. The largest absolute Gasteiger partial charge is 0.478 e. The van der Waals surface area contributed by atoms with E-state index in [0.29, 0.717) is 61.4 Å². The Morgan fingerprint density at radius 2 is 0.700 bits per heavy atom. The van der Waals surface area contributed by atoms with E-state index < -0.39 is 29.7 Å². The molecule has 0 fully saturated rings. The van der Waals surface area contributed by atoms with Crippen molar-refractivity contribution in [3.05, 3.63) is 237 Å². The summed E-state index contributed by atoms with van der Waals surface area (Å²) in [7, 11) is 1.30. The minimum absolute atomic E-state index is 0.0729. The van der Waals surface area contributed by atoms with Gasteiger partial charge in [0, 0.05) is 44.8 Å². The molecule has 340 valence electrons. The lowest BCUT2D eigenvalue weighted by Crippen LogP contribution is -2.16. The molecule has 3 aliphatic carbocycles. The Balaban J connectivity index is 0.000000134. The van der Waals surface area contributed by atoms with E-state index in [-0.39, 0.29) is 34.0 Å². The number of nitrogens with one attached hydrogen (secondary N) is 2. The van der Waals surface area contributed by atoms with E-state index in [2.05, 4.69) is 10.6 Å². The SMILES string of the molecule is COC(=O)c1cccc(NC(=O)c2cccc3c2C(=O)c2ccccc2-3)c1.O=C(O)c1cccc(NC(=O)c2cccc3c2C(=O)c2ccccc2-3)c1.O=C(O)c1cccc2c1C(=O)c1ccccc1-2. The van der Waals surface area contributed by atoms with Gasteiger partial charge in [0.25, 0.3) is 11.8 Å². The Morgan fingerprint density at radius 3 is 1.09 bits per heavy atom. The summed E-state index contributed by atoms with van der Waals surface area (Å²) in [5, 5.41) is 23.6. The Bertz CT molecular complexity index is 3570. The van der Waals surface area contributed by atoms with Crippen LogP contribution in [0.4, 0.5) is 11.4 Å². The Morgan fingerprint density at radius 1 is 0.371 bits per heavy atom. The van der Waals surface area contributed by atoms with Crippen LogP contribution in [0.5, 0.6) is 0 Å². The van der Waals surface area contributed by atoms with Crippen LogP contribution in [0.1, 0.15) is 99.6 Å². The molecule has 8 aromatic carbocycles. The van der Waals surface area contributed by atoms with Crippen LogP contribution in [-0.4, -0.2) is 64.4 Å². The molecule has 11 rings (SSSR count). The second-order valence-corrected chi connectivity index (χ2v) is 16.0. The first-order valence-electron chi connectivity index (χ1n) is 21.5. The Hall–Kier alpha value is -9.88. The number of amides is 2. The predicted octanol–water partition coefficient (Wildman–Crippen LogP) is 10.4. The summed E-state index contributed by atoms with van der Waals surface area (Å²) in [5.41, 5.74) is 9.36. The second-order valence-electron chi connectivity index (χ2n) is 16.0. The summed E-state index contributed by atoms with van der Waals surface area (Å²) in [4.78, 5) is 97.1. The van der Waals surface area contributed by atoms with Gasteiger partial charge in [-0.15, -0.1) is 0 Å². The standard InChI is InChI=1S/C22H15NO4.C21H13NO4.C14H8O3/c1-27-22(26)13-6-4-7-14(12-13)23-21(25)18-11-5-10-16-15-8-2-3-9-17(15)20(24)19(16)18;23-19-16-8-2-1-7-14(16)15-9-4-10-17(18(15)19)20(24)22-13-6-3-5-12(11-13)21(25)26;15-13-10-5-2-1-4-8(10)9-6-3-7-11(12(9)13)14(16)17/h2-12H,1H3,(H,23,25);1-11H,(H,22,24)(H,25,26);1-7H,(H,16,17). The normalized spacial score (nSPS) is 11.7. The number of benzene rings is 8. The van der Waals surface area contributed by atoms with Gasteiger partial charge in [-0.3, -0.25) is 24.0 Å². The number of esters is 1. The molecular formula is C57H36N2O11. The summed E-state index contributed by atoms with van der Waals surface area (Å²) in [6.45, 7) is 0. The molecule has 13 heteroatoms. The zero-order valence-corrected chi connectivity index (χ0v) is 36.8. The zero-order chi connectivity index (χ0) is 49.2. The first-order valence-corrected chi connectivity index (χ1v) is 21.5.